The predicted molar refractivity (Wildman–Crippen MR) is 82.6 cm³/mol. The SMILES string of the molecule is CC(C)CCNC(=O)NC(=O)CSc1ccc(N)cc1. The molecule has 0 aliphatic heterocycles. The molecular weight excluding hydrogens is 274 g/mol. The van der Waals surface area contributed by atoms with Gasteiger partial charge in [-0.2, -0.15) is 0 Å². The quantitative estimate of drug-likeness (QED) is 0.555. The van der Waals surface area contributed by atoms with E-state index in [1.54, 1.807) is 12.1 Å². The van der Waals surface area contributed by atoms with Gasteiger partial charge < -0.3 is 11.1 Å². The number of hydrogen-bond donors (Lipinski definition) is 3. The third kappa shape index (κ3) is 7.04. The highest BCUT2D eigenvalue weighted by Gasteiger charge is 2.07. The van der Waals surface area contributed by atoms with Gasteiger partial charge in [0.05, 0.1) is 5.75 Å². The standard InChI is InChI=1S/C14H21N3O2S/c1-10(2)7-8-16-14(19)17-13(18)9-20-12-5-3-11(15)4-6-12/h3-6,10H,7-9,15H2,1-2H3,(H2,16,17,18,19). The van der Waals surface area contributed by atoms with Gasteiger partial charge in [0.2, 0.25) is 5.91 Å². The molecule has 6 heteroatoms. The zero-order valence-electron chi connectivity index (χ0n) is 11.8. The van der Waals surface area contributed by atoms with Gasteiger partial charge in [-0.1, -0.05) is 13.8 Å². The Balaban J connectivity index is 2.22. The second kappa shape index (κ2) is 8.47. The van der Waals surface area contributed by atoms with Gasteiger partial charge in [-0.15, -0.1) is 11.8 Å². The van der Waals surface area contributed by atoms with Crippen LogP contribution in [0.1, 0.15) is 20.3 Å². The minimum Gasteiger partial charge on any atom is -0.399 e. The van der Waals surface area contributed by atoms with Gasteiger partial charge in [-0.3, -0.25) is 10.1 Å². The fourth-order valence-corrected chi connectivity index (χ4v) is 2.09. The fourth-order valence-electron chi connectivity index (χ4n) is 1.39. The molecule has 110 valence electrons. The first-order valence-corrected chi connectivity index (χ1v) is 7.52. The lowest BCUT2D eigenvalue weighted by Crippen LogP contribution is -2.40. The monoisotopic (exact) mass is 295 g/mol. The van der Waals surface area contributed by atoms with Crippen LogP contribution in [0.5, 0.6) is 0 Å². The van der Waals surface area contributed by atoms with E-state index in [1.807, 2.05) is 12.1 Å². The van der Waals surface area contributed by atoms with Crippen molar-refractivity contribution in [2.45, 2.75) is 25.2 Å². The van der Waals surface area contributed by atoms with E-state index in [0.29, 0.717) is 18.2 Å². The molecule has 5 nitrogen and oxygen atoms in total. The summed E-state index contributed by atoms with van der Waals surface area (Å²) in [5, 5.41) is 4.95. The molecular formula is C14H21N3O2S. The van der Waals surface area contributed by atoms with Crippen molar-refractivity contribution in [1.29, 1.82) is 0 Å². The number of anilines is 1. The number of nitrogens with two attached hydrogens (primary N) is 1. The molecule has 0 aliphatic rings. The maximum atomic E-state index is 11.6. The Labute approximate surface area is 123 Å². The molecule has 20 heavy (non-hydrogen) atoms. The van der Waals surface area contributed by atoms with Crippen molar-refractivity contribution in [1.82, 2.24) is 10.6 Å². The predicted octanol–water partition coefficient (Wildman–Crippen LogP) is 2.23. The largest absolute Gasteiger partial charge is 0.399 e. The van der Waals surface area contributed by atoms with Gasteiger partial charge in [0.15, 0.2) is 0 Å². The van der Waals surface area contributed by atoms with Crippen LogP contribution in [0.3, 0.4) is 0 Å². The number of rotatable bonds is 6. The summed E-state index contributed by atoms with van der Waals surface area (Å²) in [6.07, 6.45) is 0.891. The summed E-state index contributed by atoms with van der Waals surface area (Å²) in [4.78, 5) is 23.9. The third-order valence-corrected chi connectivity index (χ3v) is 3.52. The second-order valence-corrected chi connectivity index (χ2v) is 5.89. The van der Waals surface area contributed by atoms with Crippen LogP contribution in [0.2, 0.25) is 0 Å². The summed E-state index contributed by atoms with van der Waals surface area (Å²) in [5.74, 6) is 0.405. The van der Waals surface area contributed by atoms with E-state index in [9.17, 15) is 9.59 Å². The number of urea groups is 1. The molecule has 0 spiro atoms. The average molecular weight is 295 g/mol. The minimum atomic E-state index is -0.437. The van der Waals surface area contributed by atoms with E-state index in [1.165, 1.54) is 11.8 Å². The summed E-state index contributed by atoms with van der Waals surface area (Å²) in [7, 11) is 0. The van der Waals surface area contributed by atoms with Crippen molar-refractivity contribution in [3.05, 3.63) is 24.3 Å². The van der Waals surface area contributed by atoms with Crippen molar-refractivity contribution >= 4 is 29.4 Å². The first kappa shape index (κ1) is 16.4. The van der Waals surface area contributed by atoms with Crippen molar-refractivity contribution in [3.63, 3.8) is 0 Å². The lowest BCUT2D eigenvalue weighted by molar-refractivity contribution is -0.117. The number of nitrogens with one attached hydrogen (secondary N) is 2. The van der Waals surface area contributed by atoms with Gasteiger partial charge in [0.1, 0.15) is 0 Å². The number of imide groups is 1. The Morgan fingerprint density at radius 2 is 1.90 bits per heavy atom. The lowest BCUT2D eigenvalue weighted by atomic mass is 10.1. The number of hydrogen-bond acceptors (Lipinski definition) is 4. The Morgan fingerprint density at radius 1 is 1.25 bits per heavy atom. The second-order valence-electron chi connectivity index (χ2n) is 4.84. The van der Waals surface area contributed by atoms with E-state index in [-0.39, 0.29) is 11.7 Å². The number of thioether (sulfide) groups is 1. The molecule has 0 radical (unpaired) electrons. The molecule has 0 bridgehead atoms. The number of carbonyl (C=O) groups excluding carboxylic acids is 2. The first-order chi connectivity index (χ1) is 9.47. The molecule has 3 amide bonds. The topological polar surface area (TPSA) is 84.2 Å². The van der Waals surface area contributed by atoms with Gasteiger partial charge in [0, 0.05) is 17.1 Å². The summed E-state index contributed by atoms with van der Waals surface area (Å²) < 4.78 is 0. The van der Waals surface area contributed by atoms with E-state index in [2.05, 4.69) is 24.5 Å². The van der Waals surface area contributed by atoms with E-state index in [0.717, 1.165) is 11.3 Å². The third-order valence-electron chi connectivity index (χ3n) is 2.51. The zero-order valence-corrected chi connectivity index (χ0v) is 12.6. The van der Waals surface area contributed by atoms with Crippen LogP contribution in [0.15, 0.2) is 29.2 Å². The summed E-state index contributed by atoms with van der Waals surface area (Å²) in [6.45, 7) is 4.73. The molecule has 0 saturated carbocycles. The minimum absolute atomic E-state index is 0.196. The lowest BCUT2D eigenvalue weighted by Gasteiger charge is -2.08. The highest BCUT2D eigenvalue weighted by molar-refractivity contribution is 8.00. The van der Waals surface area contributed by atoms with Crippen LogP contribution in [-0.4, -0.2) is 24.2 Å². The fraction of sp³-hybridized carbons (Fsp3) is 0.429. The molecule has 1 rings (SSSR count). The van der Waals surface area contributed by atoms with Crippen LogP contribution in [0.4, 0.5) is 10.5 Å². The first-order valence-electron chi connectivity index (χ1n) is 6.53. The van der Waals surface area contributed by atoms with Gasteiger partial charge in [0.25, 0.3) is 0 Å². The molecule has 0 atom stereocenters. The van der Waals surface area contributed by atoms with Gasteiger partial charge in [-0.25, -0.2) is 4.79 Å². The maximum Gasteiger partial charge on any atom is 0.321 e. The number of carbonyl (C=O) groups is 2. The number of amides is 3. The molecule has 0 fully saturated rings. The van der Waals surface area contributed by atoms with E-state index in [4.69, 9.17) is 5.73 Å². The molecule has 4 N–H and O–H groups in total. The Morgan fingerprint density at radius 3 is 2.50 bits per heavy atom. The molecule has 0 aliphatic carbocycles. The molecule has 1 aromatic carbocycles. The summed E-state index contributed by atoms with van der Waals surface area (Å²) in [6, 6.07) is 6.80. The molecule has 0 heterocycles. The van der Waals surface area contributed by atoms with E-state index >= 15 is 0 Å². The Kier molecular flexibility index (Phi) is 6.93. The normalized spacial score (nSPS) is 10.3. The van der Waals surface area contributed by atoms with Gasteiger partial charge in [-0.05, 0) is 36.6 Å². The summed E-state index contributed by atoms with van der Waals surface area (Å²) in [5.41, 5.74) is 6.26. The molecule has 0 saturated heterocycles. The summed E-state index contributed by atoms with van der Waals surface area (Å²) >= 11 is 1.36. The highest BCUT2D eigenvalue weighted by atomic mass is 32.2. The number of benzene rings is 1. The average Bonchev–Trinajstić information content (AvgIpc) is 2.37. The van der Waals surface area contributed by atoms with Crippen LogP contribution < -0.4 is 16.4 Å². The van der Waals surface area contributed by atoms with Crippen molar-refractivity contribution in [2.75, 3.05) is 18.0 Å². The number of nitrogen functional groups attached to an aromatic ring is 1. The molecule has 0 unspecified atom stereocenters. The Hall–Kier alpha value is -1.69. The zero-order chi connectivity index (χ0) is 15.0. The maximum absolute atomic E-state index is 11.6. The van der Waals surface area contributed by atoms with Gasteiger partial charge >= 0.3 is 6.03 Å². The van der Waals surface area contributed by atoms with Crippen LogP contribution in [0.25, 0.3) is 0 Å². The van der Waals surface area contributed by atoms with Crippen molar-refractivity contribution in [3.8, 4) is 0 Å². The van der Waals surface area contributed by atoms with Crippen molar-refractivity contribution < 1.29 is 9.59 Å². The van der Waals surface area contributed by atoms with Crippen LogP contribution in [0, 0.1) is 5.92 Å². The highest BCUT2D eigenvalue weighted by Crippen LogP contribution is 2.18. The smallest absolute Gasteiger partial charge is 0.321 e. The van der Waals surface area contributed by atoms with E-state index < -0.39 is 6.03 Å². The van der Waals surface area contributed by atoms with Crippen LogP contribution >= 0.6 is 11.8 Å². The van der Waals surface area contributed by atoms with Crippen LogP contribution in [-0.2, 0) is 4.79 Å². The Bertz CT molecular complexity index is 446. The van der Waals surface area contributed by atoms with Crippen molar-refractivity contribution in [2.24, 2.45) is 5.92 Å². The molecule has 1 aromatic rings. The molecule has 0 aromatic heterocycles.